The number of hydrogen-bond acceptors (Lipinski definition) is 2. The summed E-state index contributed by atoms with van der Waals surface area (Å²) in [5.41, 5.74) is -0.597. The van der Waals surface area contributed by atoms with E-state index < -0.39 is 17.5 Å². The quantitative estimate of drug-likeness (QED) is 0.796. The Balaban J connectivity index is 2.44. The second kappa shape index (κ2) is 5.39. The average Bonchev–Trinajstić information content (AvgIpc) is 2.42. The summed E-state index contributed by atoms with van der Waals surface area (Å²) in [5.74, 6) is -2.53. The number of amides is 2. The fraction of sp³-hybridized carbons (Fsp3) is 0. The first-order chi connectivity index (χ1) is 9.15. The van der Waals surface area contributed by atoms with Gasteiger partial charge in [0.1, 0.15) is 11.6 Å². The maximum atomic E-state index is 13.5. The number of para-hydroxylation sites is 1. The zero-order valence-corrected chi connectivity index (χ0v) is 9.64. The number of imide groups is 1. The largest absolute Gasteiger partial charge is 0.324 e. The van der Waals surface area contributed by atoms with Crippen molar-refractivity contribution in [2.75, 3.05) is 4.90 Å². The van der Waals surface area contributed by atoms with Crippen LogP contribution in [0.3, 0.4) is 0 Å². The maximum absolute atomic E-state index is 13.5. The second-order valence-electron chi connectivity index (χ2n) is 3.66. The van der Waals surface area contributed by atoms with Crippen LogP contribution < -0.4 is 4.90 Å². The summed E-state index contributed by atoms with van der Waals surface area (Å²) in [7, 11) is 0. The molecule has 0 bridgehead atoms. The van der Waals surface area contributed by atoms with E-state index >= 15 is 0 Å². The highest BCUT2D eigenvalue weighted by Gasteiger charge is 2.23. The topological polar surface area (TPSA) is 37.4 Å². The van der Waals surface area contributed by atoms with Gasteiger partial charge in [-0.05, 0) is 24.3 Å². The standard InChI is InChI=1S/C14H8F2NO2/c15-11-6-2-1-5-10(11)14(19)17(9-18)13-8-4-3-7-12(13)16/h1-8H. The Labute approximate surface area is 108 Å². The summed E-state index contributed by atoms with van der Waals surface area (Å²) in [4.78, 5) is 23.3. The van der Waals surface area contributed by atoms with Crippen molar-refractivity contribution in [1.29, 1.82) is 0 Å². The van der Waals surface area contributed by atoms with Gasteiger partial charge in [0.25, 0.3) is 5.91 Å². The molecule has 19 heavy (non-hydrogen) atoms. The summed E-state index contributed by atoms with van der Waals surface area (Å²) in [6.07, 6.45) is 1.31. The average molecular weight is 260 g/mol. The number of carbonyl (C=O) groups is 1. The van der Waals surface area contributed by atoms with E-state index in [0.717, 1.165) is 12.1 Å². The first-order valence-electron chi connectivity index (χ1n) is 5.36. The van der Waals surface area contributed by atoms with Crippen molar-refractivity contribution >= 4 is 18.0 Å². The SMILES string of the molecule is O=[C]N(C(=O)c1ccccc1F)c1ccccc1F. The van der Waals surface area contributed by atoms with E-state index in [1.807, 2.05) is 0 Å². The van der Waals surface area contributed by atoms with Crippen LogP contribution in [0.15, 0.2) is 48.5 Å². The van der Waals surface area contributed by atoms with Crippen LogP contribution in [-0.2, 0) is 4.79 Å². The van der Waals surface area contributed by atoms with Gasteiger partial charge in [-0.1, -0.05) is 24.3 Å². The smallest absolute Gasteiger partial charge is 0.268 e. The maximum Gasteiger partial charge on any atom is 0.324 e. The minimum atomic E-state index is -0.974. The number of halogens is 2. The lowest BCUT2D eigenvalue weighted by Crippen LogP contribution is -2.30. The molecule has 0 N–H and O–H groups in total. The van der Waals surface area contributed by atoms with Gasteiger partial charge in [0.15, 0.2) is 0 Å². The molecule has 2 amide bonds. The lowest BCUT2D eigenvalue weighted by atomic mass is 10.1. The van der Waals surface area contributed by atoms with Gasteiger partial charge < -0.3 is 0 Å². The predicted octanol–water partition coefficient (Wildman–Crippen LogP) is 2.68. The fourth-order valence-corrected chi connectivity index (χ4v) is 1.59. The molecule has 0 saturated heterocycles. The van der Waals surface area contributed by atoms with Crippen LogP contribution in [0.25, 0.3) is 0 Å². The van der Waals surface area contributed by atoms with E-state index in [1.54, 1.807) is 0 Å². The van der Waals surface area contributed by atoms with E-state index in [0.29, 0.717) is 4.90 Å². The molecule has 1 radical (unpaired) electrons. The molecule has 0 aliphatic carbocycles. The van der Waals surface area contributed by atoms with Crippen LogP contribution in [0.2, 0.25) is 0 Å². The Hall–Kier alpha value is -2.56. The molecule has 5 heteroatoms. The van der Waals surface area contributed by atoms with Crippen molar-refractivity contribution in [1.82, 2.24) is 0 Å². The van der Waals surface area contributed by atoms with Crippen molar-refractivity contribution in [2.24, 2.45) is 0 Å². The van der Waals surface area contributed by atoms with E-state index in [9.17, 15) is 18.4 Å². The normalized spacial score (nSPS) is 10.0. The third-order valence-corrected chi connectivity index (χ3v) is 2.49. The zero-order chi connectivity index (χ0) is 13.8. The fourth-order valence-electron chi connectivity index (χ4n) is 1.59. The molecular weight excluding hydrogens is 252 g/mol. The summed E-state index contributed by atoms with van der Waals surface area (Å²) in [6, 6.07) is 10.3. The number of carbonyl (C=O) groups excluding carboxylic acids is 2. The van der Waals surface area contributed by atoms with Crippen molar-refractivity contribution in [3.05, 3.63) is 65.7 Å². The number of rotatable bonds is 3. The van der Waals surface area contributed by atoms with Gasteiger partial charge in [-0.15, -0.1) is 0 Å². The Kier molecular flexibility index (Phi) is 3.66. The van der Waals surface area contributed by atoms with Gasteiger partial charge >= 0.3 is 6.41 Å². The van der Waals surface area contributed by atoms with Crippen LogP contribution in [0.5, 0.6) is 0 Å². The molecule has 0 aromatic heterocycles. The summed E-state index contributed by atoms with van der Waals surface area (Å²) in [6.45, 7) is 0. The van der Waals surface area contributed by atoms with E-state index in [2.05, 4.69) is 0 Å². The molecule has 0 heterocycles. The molecular formula is C14H8F2NO2. The number of anilines is 1. The lowest BCUT2D eigenvalue weighted by Gasteiger charge is -2.15. The summed E-state index contributed by atoms with van der Waals surface area (Å²) in [5, 5.41) is 0. The molecule has 0 aliphatic rings. The zero-order valence-electron chi connectivity index (χ0n) is 9.64. The third-order valence-electron chi connectivity index (χ3n) is 2.49. The first kappa shape index (κ1) is 12.9. The van der Waals surface area contributed by atoms with Gasteiger partial charge in [-0.25, -0.2) is 13.7 Å². The highest BCUT2D eigenvalue weighted by molar-refractivity contribution is 6.15. The molecule has 95 valence electrons. The predicted molar refractivity (Wildman–Crippen MR) is 65.3 cm³/mol. The molecule has 0 fully saturated rings. The van der Waals surface area contributed by atoms with Crippen LogP contribution in [0, 0.1) is 11.6 Å². The van der Waals surface area contributed by atoms with Gasteiger partial charge in [0.05, 0.1) is 11.3 Å². The molecule has 0 unspecified atom stereocenters. The molecule has 2 rings (SSSR count). The summed E-state index contributed by atoms with van der Waals surface area (Å²) < 4.78 is 27.0. The van der Waals surface area contributed by atoms with Crippen molar-refractivity contribution in [2.45, 2.75) is 0 Å². The van der Waals surface area contributed by atoms with Crippen molar-refractivity contribution in [3.63, 3.8) is 0 Å². The Morgan fingerprint density at radius 2 is 1.53 bits per heavy atom. The van der Waals surface area contributed by atoms with Gasteiger partial charge in [-0.3, -0.25) is 9.59 Å². The number of benzene rings is 2. The molecule has 0 aliphatic heterocycles. The van der Waals surface area contributed by atoms with Gasteiger partial charge in [-0.2, -0.15) is 0 Å². The monoisotopic (exact) mass is 260 g/mol. The van der Waals surface area contributed by atoms with Crippen molar-refractivity contribution < 1.29 is 18.4 Å². The van der Waals surface area contributed by atoms with E-state index in [4.69, 9.17) is 0 Å². The Morgan fingerprint density at radius 3 is 2.11 bits per heavy atom. The Morgan fingerprint density at radius 1 is 0.947 bits per heavy atom. The first-order valence-corrected chi connectivity index (χ1v) is 5.36. The van der Waals surface area contributed by atoms with Crippen LogP contribution in [-0.4, -0.2) is 12.3 Å². The van der Waals surface area contributed by atoms with E-state index in [-0.39, 0.29) is 11.3 Å². The Bertz CT molecular complexity index is 628. The molecule has 2 aromatic rings. The van der Waals surface area contributed by atoms with Crippen LogP contribution in [0.1, 0.15) is 10.4 Å². The van der Waals surface area contributed by atoms with Crippen molar-refractivity contribution in [3.8, 4) is 0 Å². The van der Waals surface area contributed by atoms with Gasteiger partial charge in [0, 0.05) is 0 Å². The molecule has 0 spiro atoms. The lowest BCUT2D eigenvalue weighted by molar-refractivity contribution is 0.0997. The molecule has 0 atom stereocenters. The molecule has 0 saturated carbocycles. The molecule has 3 nitrogen and oxygen atoms in total. The minimum Gasteiger partial charge on any atom is -0.268 e. The van der Waals surface area contributed by atoms with Gasteiger partial charge in [0.2, 0.25) is 0 Å². The number of nitrogens with zero attached hydrogens (tertiary/aromatic N) is 1. The molecule has 2 aromatic carbocycles. The second-order valence-corrected chi connectivity index (χ2v) is 3.66. The third kappa shape index (κ3) is 2.49. The van der Waals surface area contributed by atoms with Crippen LogP contribution >= 0.6 is 0 Å². The highest BCUT2D eigenvalue weighted by atomic mass is 19.1. The summed E-state index contributed by atoms with van der Waals surface area (Å²) >= 11 is 0. The highest BCUT2D eigenvalue weighted by Crippen LogP contribution is 2.20. The number of hydrogen-bond donors (Lipinski definition) is 0. The van der Waals surface area contributed by atoms with E-state index in [1.165, 1.54) is 42.8 Å². The van der Waals surface area contributed by atoms with Crippen LogP contribution in [0.4, 0.5) is 14.5 Å². The minimum absolute atomic E-state index is 0.272.